The SMILES string of the molecule is CC(=O)CC(=O)Nc1ccc(OC(F)F)c(Cl)c1. The van der Waals surface area contributed by atoms with Crippen molar-refractivity contribution in [3.05, 3.63) is 23.2 Å². The maximum Gasteiger partial charge on any atom is 0.387 e. The van der Waals surface area contributed by atoms with Gasteiger partial charge in [-0.2, -0.15) is 8.78 Å². The van der Waals surface area contributed by atoms with Crippen molar-refractivity contribution in [2.75, 3.05) is 5.32 Å². The molecule has 0 spiro atoms. The molecule has 0 radical (unpaired) electrons. The summed E-state index contributed by atoms with van der Waals surface area (Å²) in [5, 5.41) is 2.35. The van der Waals surface area contributed by atoms with Crippen LogP contribution in [0.2, 0.25) is 5.02 Å². The smallest absolute Gasteiger partial charge is 0.387 e. The van der Waals surface area contributed by atoms with E-state index in [1.807, 2.05) is 0 Å². The summed E-state index contributed by atoms with van der Waals surface area (Å²) in [4.78, 5) is 22.0. The van der Waals surface area contributed by atoms with Crippen LogP contribution in [0.15, 0.2) is 18.2 Å². The monoisotopic (exact) mass is 277 g/mol. The molecular weight excluding hydrogens is 268 g/mol. The number of amides is 1. The number of ether oxygens (including phenoxy) is 1. The molecule has 0 unspecified atom stereocenters. The van der Waals surface area contributed by atoms with Crippen molar-refractivity contribution in [3.8, 4) is 5.75 Å². The summed E-state index contributed by atoms with van der Waals surface area (Å²) in [7, 11) is 0. The first-order valence-electron chi connectivity index (χ1n) is 4.92. The Morgan fingerprint density at radius 1 is 1.44 bits per heavy atom. The standard InChI is InChI=1S/C11H10ClF2NO3/c1-6(16)4-10(17)15-7-2-3-9(8(12)5-7)18-11(13)14/h2-3,5,11H,4H2,1H3,(H,15,17). The van der Waals surface area contributed by atoms with Crippen LogP contribution in [-0.4, -0.2) is 18.3 Å². The highest BCUT2D eigenvalue weighted by Crippen LogP contribution is 2.28. The Morgan fingerprint density at radius 3 is 2.61 bits per heavy atom. The summed E-state index contributed by atoms with van der Waals surface area (Å²) in [6.07, 6.45) is -0.257. The van der Waals surface area contributed by atoms with Crippen LogP contribution in [0.4, 0.5) is 14.5 Å². The van der Waals surface area contributed by atoms with Crippen LogP contribution in [0.5, 0.6) is 5.75 Å². The molecule has 7 heteroatoms. The molecule has 0 fully saturated rings. The van der Waals surface area contributed by atoms with E-state index in [-0.39, 0.29) is 23.0 Å². The van der Waals surface area contributed by atoms with Crippen LogP contribution in [0, 0.1) is 0 Å². The number of carbonyl (C=O) groups excluding carboxylic acids is 2. The predicted octanol–water partition coefficient (Wildman–Crippen LogP) is 2.86. The molecule has 1 amide bonds. The molecule has 1 aromatic carbocycles. The van der Waals surface area contributed by atoms with Gasteiger partial charge < -0.3 is 10.1 Å². The second-order valence-corrected chi connectivity index (χ2v) is 3.86. The minimum atomic E-state index is -2.97. The molecule has 0 atom stereocenters. The Labute approximate surface area is 107 Å². The Bertz CT molecular complexity index is 466. The Kier molecular flexibility index (Phi) is 5.03. The lowest BCUT2D eigenvalue weighted by atomic mass is 10.2. The Balaban J connectivity index is 2.72. The summed E-state index contributed by atoms with van der Waals surface area (Å²) in [6, 6.07) is 3.82. The lowest BCUT2D eigenvalue weighted by Crippen LogP contribution is -2.14. The van der Waals surface area contributed by atoms with Gasteiger partial charge in [0, 0.05) is 5.69 Å². The molecule has 98 valence electrons. The number of hydrogen-bond donors (Lipinski definition) is 1. The van der Waals surface area contributed by atoms with Crippen molar-refractivity contribution in [1.29, 1.82) is 0 Å². The van der Waals surface area contributed by atoms with E-state index in [1.165, 1.54) is 25.1 Å². The fourth-order valence-electron chi connectivity index (χ4n) is 1.20. The maximum atomic E-state index is 12.0. The van der Waals surface area contributed by atoms with Gasteiger partial charge in [0.15, 0.2) is 0 Å². The molecule has 4 nitrogen and oxygen atoms in total. The van der Waals surface area contributed by atoms with Crippen LogP contribution >= 0.6 is 11.6 Å². The molecule has 0 aliphatic carbocycles. The zero-order valence-corrected chi connectivity index (χ0v) is 10.1. The first-order valence-corrected chi connectivity index (χ1v) is 5.30. The van der Waals surface area contributed by atoms with E-state index in [2.05, 4.69) is 10.1 Å². The van der Waals surface area contributed by atoms with Crippen LogP contribution in [0.25, 0.3) is 0 Å². The summed E-state index contributed by atoms with van der Waals surface area (Å²) in [6.45, 7) is -1.69. The number of rotatable bonds is 5. The average molecular weight is 278 g/mol. The fraction of sp³-hybridized carbons (Fsp3) is 0.273. The number of ketones is 1. The molecule has 0 saturated heterocycles. The van der Waals surface area contributed by atoms with Crippen molar-refractivity contribution in [2.24, 2.45) is 0 Å². The highest BCUT2D eigenvalue weighted by atomic mass is 35.5. The summed E-state index contributed by atoms with van der Waals surface area (Å²) in [5.41, 5.74) is 0.299. The van der Waals surface area contributed by atoms with E-state index in [0.717, 1.165) is 0 Å². The third kappa shape index (κ3) is 4.67. The maximum absolute atomic E-state index is 12.0. The highest BCUT2D eigenvalue weighted by Gasteiger charge is 2.10. The molecule has 1 aromatic rings. The molecule has 0 aliphatic heterocycles. The predicted molar refractivity (Wildman–Crippen MR) is 62.0 cm³/mol. The molecule has 0 saturated carbocycles. The van der Waals surface area contributed by atoms with Gasteiger partial charge in [0.1, 0.15) is 11.5 Å². The molecule has 0 aliphatic rings. The number of nitrogens with one attached hydrogen (secondary N) is 1. The van der Waals surface area contributed by atoms with Gasteiger partial charge >= 0.3 is 6.61 Å². The highest BCUT2D eigenvalue weighted by molar-refractivity contribution is 6.32. The second kappa shape index (κ2) is 6.30. The van der Waals surface area contributed by atoms with Gasteiger partial charge in [-0.1, -0.05) is 11.6 Å². The van der Waals surface area contributed by atoms with E-state index in [9.17, 15) is 18.4 Å². The largest absolute Gasteiger partial charge is 0.433 e. The van der Waals surface area contributed by atoms with Crippen LogP contribution in [0.3, 0.4) is 0 Å². The van der Waals surface area contributed by atoms with Gasteiger partial charge in [0.25, 0.3) is 0 Å². The van der Waals surface area contributed by atoms with E-state index in [0.29, 0.717) is 5.69 Å². The quantitative estimate of drug-likeness (QED) is 0.842. The van der Waals surface area contributed by atoms with Gasteiger partial charge in [-0.25, -0.2) is 0 Å². The molecule has 18 heavy (non-hydrogen) atoms. The summed E-state index contributed by atoms with van der Waals surface area (Å²) >= 11 is 5.69. The van der Waals surface area contributed by atoms with E-state index >= 15 is 0 Å². The Morgan fingerprint density at radius 2 is 2.11 bits per heavy atom. The number of benzene rings is 1. The minimum absolute atomic E-state index is 0.0593. The third-order valence-electron chi connectivity index (χ3n) is 1.84. The number of anilines is 1. The van der Waals surface area contributed by atoms with Crippen LogP contribution in [-0.2, 0) is 9.59 Å². The lowest BCUT2D eigenvalue weighted by molar-refractivity contribution is -0.124. The van der Waals surface area contributed by atoms with E-state index in [1.54, 1.807) is 0 Å². The first-order chi connectivity index (χ1) is 8.38. The molecular formula is C11H10ClF2NO3. The van der Waals surface area contributed by atoms with Gasteiger partial charge in [-0.05, 0) is 25.1 Å². The topological polar surface area (TPSA) is 55.4 Å². The third-order valence-corrected chi connectivity index (χ3v) is 2.14. The van der Waals surface area contributed by atoms with Gasteiger partial charge in [0.05, 0.1) is 11.4 Å². The average Bonchev–Trinajstić information content (AvgIpc) is 2.20. The zero-order valence-electron chi connectivity index (χ0n) is 9.38. The minimum Gasteiger partial charge on any atom is -0.433 e. The summed E-state index contributed by atoms with van der Waals surface area (Å²) in [5.74, 6) is -0.964. The normalized spacial score (nSPS) is 10.3. The van der Waals surface area contributed by atoms with Crippen molar-refractivity contribution >= 4 is 29.0 Å². The first kappa shape index (κ1) is 14.4. The lowest BCUT2D eigenvalue weighted by Gasteiger charge is -2.09. The zero-order chi connectivity index (χ0) is 13.7. The number of Topliss-reactive ketones (excluding diaryl/α,β-unsaturated/α-hetero) is 1. The van der Waals surface area contributed by atoms with Gasteiger partial charge in [-0.15, -0.1) is 0 Å². The van der Waals surface area contributed by atoms with E-state index in [4.69, 9.17) is 11.6 Å². The van der Waals surface area contributed by atoms with Gasteiger partial charge in [-0.3, -0.25) is 9.59 Å². The molecule has 1 rings (SSSR count). The molecule has 0 bridgehead atoms. The van der Waals surface area contributed by atoms with Crippen molar-refractivity contribution in [2.45, 2.75) is 20.0 Å². The van der Waals surface area contributed by atoms with Crippen LogP contribution < -0.4 is 10.1 Å². The number of halogens is 3. The summed E-state index contributed by atoms with van der Waals surface area (Å²) < 4.78 is 28.1. The van der Waals surface area contributed by atoms with Gasteiger partial charge in [0.2, 0.25) is 5.91 Å². The van der Waals surface area contributed by atoms with Crippen LogP contribution in [0.1, 0.15) is 13.3 Å². The van der Waals surface area contributed by atoms with Crippen molar-refractivity contribution in [3.63, 3.8) is 0 Å². The number of alkyl halides is 2. The fourth-order valence-corrected chi connectivity index (χ4v) is 1.43. The second-order valence-electron chi connectivity index (χ2n) is 3.45. The van der Waals surface area contributed by atoms with Crippen molar-refractivity contribution in [1.82, 2.24) is 0 Å². The number of hydrogen-bond acceptors (Lipinski definition) is 3. The van der Waals surface area contributed by atoms with E-state index < -0.39 is 12.5 Å². The molecule has 0 aromatic heterocycles. The number of carbonyl (C=O) groups is 2. The molecule has 0 heterocycles. The van der Waals surface area contributed by atoms with Crippen molar-refractivity contribution < 1.29 is 23.1 Å². The Hall–Kier alpha value is -1.69. The molecule has 1 N–H and O–H groups in total.